The minimum Gasteiger partial charge on any atom is -0.342 e. The average molecular weight is 257 g/mol. The van der Waals surface area contributed by atoms with E-state index in [0.717, 1.165) is 0 Å². The van der Waals surface area contributed by atoms with Gasteiger partial charge >= 0.3 is 0 Å². The SMILES string of the molecule is CCC(=O)C(C)NC(=O)c1cccc2nccnc12. The lowest BCUT2D eigenvalue weighted by Gasteiger charge is -2.12. The molecular weight excluding hydrogens is 242 g/mol. The normalized spacial score (nSPS) is 12.1. The Bertz CT molecular complexity index is 620. The fourth-order valence-electron chi connectivity index (χ4n) is 1.84. The number of benzene rings is 1. The average Bonchev–Trinajstić information content (AvgIpc) is 2.45. The molecule has 5 heteroatoms. The van der Waals surface area contributed by atoms with Gasteiger partial charge in [-0.15, -0.1) is 0 Å². The Morgan fingerprint density at radius 2 is 2.00 bits per heavy atom. The molecule has 0 saturated carbocycles. The first kappa shape index (κ1) is 13.1. The summed E-state index contributed by atoms with van der Waals surface area (Å²) in [4.78, 5) is 32.0. The van der Waals surface area contributed by atoms with E-state index in [2.05, 4.69) is 15.3 Å². The number of para-hydroxylation sites is 1. The zero-order chi connectivity index (χ0) is 13.8. The Kier molecular flexibility index (Phi) is 3.85. The van der Waals surface area contributed by atoms with Crippen molar-refractivity contribution >= 4 is 22.7 Å². The van der Waals surface area contributed by atoms with Crippen LogP contribution in [0.2, 0.25) is 0 Å². The van der Waals surface area contributed by atoms with Crippen LogP contribution in [0.4, 0.5) is 0 Å². The van der Waals surface area contributed by atoms with Gasteiger partial charge in [-0.25, -0.2) is 0 Å². The summed E-state index contributed by atoms with van der Waals surface area (Å²) in [6, 6.07) is 4.72. The number of carbonyl (C=O) groups excluding carboxylic acids is 2. The summed E-state index contributed by atoms with van der Waals surface area (Å²) in [5.74, 6) is -0.305. The third-order valence-electron chi connectivity index (χ3n) is 2.92. The van der Waals surface area contributed by atoms with E-state index in [1.807, 2.05) is 0 Å². The van der Waals surface area contributed by atoms with Crippen molar-refractivity contribution in [2.45, 2.75) is 26.3 Å². The largest absolute Gasteiger partial charge is 0.342 e. The molecule has 1 unspecified atom stereocenters. The highest BCUT2D eigenvalue weighted by Gasteiger charge is 2.17. The van der Waals surface area contributed by atoms with Crippen LogP contribution in [-0.2, 0) is 4.79 Å². The molecule has 19 heavy (non-hydrogen) atoms. The molecule has 0 fully saturated rings. The molecule has 5 nitrogen and oxygen atoms in total. The van der Waals surface area contributed by atoms with Gasteiger partial charge in [0, 0.05) is 18.8 Å². The molecule has 1 atom stereocenters. The number of ketones is 1. The lowest BCUT2D eigenvalue weighted by molar-refractivity contribution is -0.120. The molecule has 0 aliphatic heterocycles. The van der Waals surface area contributed by atoms with Crippen LogP contribution in [-0.4, -0.2) is 27.7 Å². The third-order valence-corrected chi connectivity index (χ3v) is 2.92. The smallest absolute Gasteiger partial charge is 0.254 e. The molecule has 0 radical (unpaired) electrons. The summed E-state index contributed by atoms with van der Waals surface area (Å²) in [5.41, 5.74) is 1.63. The van der Waals surface area contributed by atoms with Crippen LogP contribution in [0.3, 0.4) is 0 Å². The van der Waals surface area contributed by atoms with E-state index in [0.29, 0.717) is 23.0 Å². The molecule has 0 aliphatic carbocycles. The molecule has 1 aromatic heterocycles. The molecular formula is C14H15N3O2. The number of amides is 1. The first-order valence-electron chi connectivity index (χ1n) is 6.16. The minimum absolute atomic E-state index is 0.000305. The van der Waals surface area contributed by atoms with E-state index in [1.165, 1.54) is 0 Å². The van der Waals surface area contributed by atoms with Crippen LogP contribution in [0, 0.1) is 0 Å². The van der Waals surface area contributed by atoms with Crippen molar-refractivity contribution in [2.75, 3.05) is 0 Å². The lowest BCUT2D eigenvalue weighted by Crippen LogP contribution is -2.38. The van der Waals surface area contributed by atoms with Gasteiger partial charge in [0.05, 0.1) is 17.1 Å². The Hall–Kier alpha value is -2.30. The van der Waals surface area contributed by atoms with Gasteiger partial charge in [0.15, 0.2) is 5.78 Å². The van der Waals surface area contributed by atoms with Crippen LogP contribution < -0.4 is 5.32 Å². The number of rotatable bonds is 4. The molecule has 0 aliphatic rings. The second-order valence-electron chi connectivity index (χ2n) is 4.24. The van der Waals surface area contributed by atoms with Gasteiger partial charge in [-0.05, 0) is 19.1 Å². The topological polar surface area (TPSA) is 72.0 Å². The van der Waals surface area contributed by atoms with Gasteiger partial charge in [0.1, 0.15) is 5.52 Å². The first-order valence-corrected chi connectivity index (χ1v) is 6.16. The van der Waals surface area contributed by atoms with Crippen LogP contribution >= 0.6 is 0 Å². The van der Waals surface area contributed by atoms with Gasteiger partial charge in [-0.3, -0.25) is 19.6 Å². The fourth-order valence-corrected chi connectivity index (χ4v) is 1.84. The molecule has 2 rings (SSSR count). The van der Waals surface area contributed by atoms with E-state index in [4.69, 9.17) is 0 Å². The fraction of sp³-hybridized carbons (Fsp3) is 0.286. The molecule has 0 saturated heterocycles. The summed E-state index contributed by atoms with van der Waals surface area (Å²) in [6.45, 7) is 3.45. The Balaban J connectivity index is 2.29. The second-order valence-corrected chi connectivity index (χ2v) is 4.24. The predicted molar refractivity (Wildman–Crippen MR) is 71.8 cm³/mol. The lowest BCUT2D eigenvalue weighted by atomic mass is 10.1. The molecule has 1 heterocycles. The van der Waals surface area contributed by atoms with Crippen molar-refractivity contribution in [3.63, 3.8) is 0 Å². The standard InChI is InChI=1S/C14H15N3O2/c1-3-12(18)9(2)17-14(19)10-5-4-6-11-13(10)16-8-7-15-11/h4-9H,3H2,1-2H3,(H,17,19). The monoisotopic (exact) mass is 257 g/mol. The first-order chi connectivity index (χ1) is 9.13. The Morgan fingerprint density at radius 3 is 2.74 bits per heavy atom. The summed E-state index contributed by atoms with van der Waals surface area (Å²) < 4.78 is 0. The van der Waals surface area contributed by atoms with Crippen molar-refractivity contribution in [3.8, 4) is 0 Å². The quantitative estimate of drug-likeness (QED) is 0.905. The molecule has 1 amide bonds. The molecule has 2 aromatic rings. The van der Waals surface area contributed by atoms with Crippen LogP contribution in [0.1, 0.15) is 30.6 Å². The maximum atomic E-state index is 12.2. The number of hydrogen-bond donors (Lipinski definition) is 1. The van der Waals surface area contributed by atoms with E-state index in [-0.39, 0.29) is 11.7 Å². The predicted octanol–water partition coefficient (Wildman–Crippen LogP) is 1.73. The Labute approximate surface area is 111 Å². The minimum atomic E-state index is -0.496. The van der Waals surface area contributed by atoms with E-state index >= 15 is 0 Å². The zero-order valence-electron chi connectivity index (χ0n) is 10.9. The summed E-state index contributed by atoms with van der Waals surface area (Å²) in [6.07, 6.45) is 3.52. The second kappa shape index (κ2) is 5.56. The number of carbonyl (C=O) groups is 2. The molecule has 0 spiro atoms. The number of nitrogens with one attached hydrogen (secondary N) is 1. The number of aromatic nitrogens is 2. The highest BCUT2D eigenvalue weighted by Crippen LogP contribution is 2.13. The third kappa shape index (κ3) is 2.76. The Morgan fingerprint density at radius 1 is 1.26 bits per heavy atom. The maximum Gasteiger partial charge on any atom is 0.254 e. The maximum absolute atomic E-state index is 12.2. The van der Waals surface area contributed by atoms with Crippen molar-refractivity contribution in [3.05, 3.63) is 36.2 Å². The van der Waals surface area contributed by atoms with E-state index in [1.54, 1.807) is 44.4 Å². The van der Waals surface area contributed by atoms with Crippen molar-refractivity contribution in [1.82, 2.24) is 15.3 Å². The number of Topliss-reactive ketones (excluding diaryl/α,β-unsaturated/α-hetero) is 1. The van der Waals surface area contributed by atoms with Crippen molar-refractivity contribution < 1.29 is 9.59 Å². The zero-order valence-corrected chi connectivity index (χ0v) is 10.9. The van der Waals surface area contributed by atoms with Crippen molar-refractivity contribution in [1.29, 1.82) is 0 Å². The van der Waals surface area contributed by atoms with Crippen LogP contribution in [0.25, 0.3) is 11.0 Å². The molecule has 98 valence electrons. The summed E-state index contributed by atoms with van der Waals surface area (Å²) >= 11 is 0. The van der Waals surface area contributed by atoms with Crippen molar-refractivity contribution in [2.24, 2.45) is 0 Å². The van der Waals surface area contributed by atoms with Gasteiger partial charge < -0.3 is 5.32 Å². The van der Waals surface area contributed by atoms with Crippen LogP contribution in [0.5, 0.6) is 0 Å². The summed E-state index contributed by atoms with van der Waals surface area (Å²) in [7, 11) is 0. The van der Waals surface area contributed by atoms with Gasteiger partial charge in [0.25, 0.3) is 5.91 Å². The molecule has 1 aromatic carbocycles. The number of hydrogen-bond acceptors (Lipinski definition) is 4. The van der Waals surface area contributed by atoms with Gasteiger partial charge in [-0.2, -0.15) is 0 Å². The molecule has 0 bridgehead atoms. The van der Waals surface area contributed by atoms with E-state index in [9.17, 15) is 9.59 Å². The highest BCUT2D eigenvalue weighted by atomic mass is 16.2. The number of nitrogens with zero attached hydrogens (tertiary/aromatic N) is 2. The summed E-state index contributed by atoms with van der Waals surface area (Å²) in [5, 5.41) is 2.68. The van der Waals surface area contributed by atoms with Crippen LogP contribution in [0.15, 0.2) is 30.6 Å². The van der Waals surface area contributed by atoms with E-state index < -0.39 is 6.04 Å². The number of fused-ring (bicyclic) bond motifs is 1. The van der Waals surface area contributed by atoms with Gasteiger partial charge in [-0.1, -0.05) is 13.0 Å². The van der Waals surface area contributed by atoms with Gasteiger partial charge in [0.2, 0.25) is 0 Å². The molecule has 1 N–H and O–H groups in total. The highest BCUT2D eigenvalue weighted by molar-refractivity contribution is 6.06.